The van der Waals surface area contributed by atoms with Crippen molar-refractivity contribution in [2.45, 2.75) is 19.9 Å². The van der Waals surface area contributed by atoms with Gasteiger partial charge < -0.3 is 15.0 Å². The van der Waals surface area contributed by atoms with Gasteiger partial charge in [-0.3, -0.25) is 9.78 Å². The Morgan fingerprint density at radius 1 is 1.14 bits per heavy atom. The second kappa shape index (κ2) is 8.86. The summed E-state index contributed by atoms with van der Waals surface area (Å²) in [6.45, 7) is 7.64. The fourth-order valence-electron chi connectivity index (χ4n) is 3.93. The molecule has 0 bridgehead atoms. The van der Waals surface area contributed by atoms with E-state index in [0.717, 1.165) is 31.3 Å². The van der Waals surface area contributed by atoms with E-state index in [1.807, 2.05) is 42.6 Å². The lowest BCUT2D eigenvalue weighted by Gasteiger charge is -2.32. The van der Waals surface area contributed by atoms with E-state index in [9.17, 15) is 4.79 Å². The molecule has 0 aliphatic carbocycles. The molecule has 1 aliphatic heterocycles. The number of anilines is 1. The minimum atomic E-state index is -0.0741. The molecule has 4 rings (SSSR count). The maximum Gasteiger partial charge on any atom is 0.256 e. The fraction of sp³-hybridized carbons (Fsp3) is 0.304. The van der Waals surface area contributed by atoms with Crippen molar-refractivity contribution in [3.8, 4) is 0 Å². The minimum absolute atomic E-state index is 0.0741. The van der Waals surface area contributed by atoms with Gasteiger partial charge in [-0.15, -0.1) is 11.3 Å². The highest BCUT2D eigenvalue weighted by Crippen LogP contribution is 2.38. The van der Waals surface area contributed by atoms with Gasteiger partial charge in [0.25, 0.3) is 5.91 Å². The average molecular weight is 409 g/mol. The Bertz CT molecular complexity index is 967. The summed E-state index contributed by atoms with van der Waals surface area (Å²) < 4.78 is 5.61. The fourth-order valence-corrected chi connectivity index (χ4v) is 5.02. The average Bonchev–Trinajstić information content (AvgIpc) is 3.04. The standard InChI is InChI=1S/C23H25N3O2S/c1-16-17(2)29-23(25-22(27)18-7-4-3-5-8-18)20(16)21(19-9-6-10-24-15-19)26-11-13-28-14-12-26/h3-10,15,21H,11-14H2,1-2H3,(H,25,27)/p+1/t21-/m0/s1. The number of pyridine rings is 1. The Morgan fingerprint density at radius 3 is 2.59 bits per heavy atom. The van der Waals surface area contributed by atoms with Crippen LogP contribution in [-0.4, -0.2) is 37.2 Å². The van der Waals surface area contributed by atoms with Crippen LogP contribution in [0.4, 0.5) is 5.00 Å². The van der Waals surface area contributed by atoms with Crippen LogP contribution in [0.1, 0.15) is 38.0 Å². The molecule has 1 aromatic carbocycles. The molecule has 29 heavy (non-hydrogen) atoms. The van der Waals surface area contributed by atoms with Crippen LogP contribution < -0.4 is 10.2 Å². The summed E-state index contributed by atoms with van der Waals surface area (Å²) in [6, 6.07) is 13.6. The van der Waals surface area contributed by atoms with Gasteiger partial charge in [0.15, 0.2) is 0 Å². The zero-order valence-electron chi connectivity index (χ0n) is 16.8. The van der Waals surface area contributed by atoms with Crippen molar-refractivity contribution in [3.05, 3.63) is 82.0 Å². The number of aryl methyl sites for hydroxylation is 1. The molecule has 0 spiro atoms. The summed E-state index contributed by atoms with van der Waals surface area (Å²) in [5.41, 5.74) is 4.27. The number of nitrogens with zero attached hydrogens (tertiary/aromatic N) is 1. The summed E-state index contributed by atoms with van der Waals surface area (Å²) in [6.07, 6.45) is 3.75. The number of thiophene rings is 1. The zero-order valence-corrected chi connectivity index (χ0v) is 17.6. The lowest BCUT2D eigenvalue weighted by molar-refractivity contribution is -0.933. The molecule has 3 heterocycles. The lowest BCUT2D eigenvalue weighted by Crippen LogP contribution is -3.14. The molecule has 1 aliphatic rings. The molecule has 3 aromatic rings. The van der Waals surface area contributed by atoms with Gasteiger partial charge in [-0.05, 0) is 43.7 Å². The first-order chi connectivity index (χ1) is 14.1. The van der Waals surface area contributed by atoms with Gasteiger partial charge in [0.1, 0.15) is 24.1 Å². The number of benzene rings is 1. The molecule has 0 radical (unpaired) electrons. The highest BCUT2D eigenvalue weighted by Gasteiger charge is 2.33. The predicted molar refractivity (Wildman–Crippen MR) is 116 cm³/mol. The van der Waals surface area contributed by atoms with Crippen molar-refractivity contribution in [1.29, 1.82) is 0 Å². The van der Waals surface area contributed by atoms with Crippen molar-refractivity contribution in [2.75, 3.05) is 31.6 Å². The second-order valence-corrected chi connectivity index (χ2v) is 8.56. The molecule has 5 nitrogen and oxygen atoms in total. The van der Waals surface area contributed by atoms with E-state index in [2.05, 4.69) is 30.2 Å². The minimum Gasteiger partial charge on any atom is -0.370 e. The monoisotopic (exact) mass is 408 g/mol. The predicted octanol–water partition coefficient (Wildman–Crippen LogP) is 3.02. The molecule has 6 heteroatoms. The first kappa shape index (κ1) is 19.8. The summed E-state index contributed by atoms with van der Waals surface area (Å²) in [5.74, 6) is -0.0741. The molecule has 2 aromatic heterocycles. The molecular formula is C23H26N3O2S+. The molecule has 1 saturated heterocycles. The van der Waals surface area contributed by atoms with E-state index < -0.39 is 0 Å². The largest absolute Gasteiger partial charge is 0.370 e. The van der Waals surface area contributed by atoms with Crippen LogP contribution in [0.5, 0.6) is 0 Å². The third-order valence-corrected chi connectivity index (χ3v) is 6.68. The zero-order chi connectivity index (χ0) is 20.2. The van der Waals surface area contributed by atoms with Crippen molar-refractivity contribution in [3.63, 3.8) is 0 Å². The van der Waals surface area contributed by atoms with E-state index in [0.29, 0.717) is 5.56 Å². The van der Waals surface area contributed by atoms with E-state index in [1.165, 1.54) is 26.5 Å². The highest BCUT2D eigenvalue weighted by molar-refractivity contribution is 7.16. The number of carbonyl (C=O) groups is 1. The van der Waals surface area contributed by atoms with Gasteiger partial charge in [0, 0.05) is 28.4 Å². The van der Waals surface area contributed by atoms with Crippen LogP contribution in [-0.2, 0) is 4.74 Å². The smallest absolute Gasteiger partial charge is 0.256 e. The number of quaternary nitrogens is 1. The number of nitrogens with one attached hydrogen (secondary N) is 2. The van der Waals surface area contributed by atoms with Crippen molar-refractivity contribution in [1.82, 2.24) is 4.98 Å². The van der Waals surface area contributed by atoms with E-state index >= 15 is 0 Å². The number of rotatable bonds is 5. The third kappa shape index (κ3) is 4.24. The Morgan fingerprint density at radius 2 is 1.90 bits per heavy atom. The third-order valence-electron chi connectivity index (χ3n) is 5.54. The second-order valence-electron chi connectivity index (χ2n) is 7.34. The van der Waals surface area contributed by atoms with Gasteiger partial charge in [0.2, 0.25) is 0 Å². The quantitative estimate of drug-likeness (QED) is 0.682. The van der Waals surface area contributed by atoms with Crippen LogP contribution in [0.25, 0.3) is 0 Å². The van der Waals surface area contributed by atoms with E-state index in [4.69, 9.17) is 4.74 Å². The number of ether oxygens (including phenoxy) is 1. The van der Waals surface area contributed by atoms with Crippen LogP contribution >= 0.6 is 11.3 Å². The summed E-state index contributed by atoms with van der Waals surface area (Å²) >= 11 is 1.65. The molecule has 0 saturated carbocycles. The normalized spacial score (nSPS) is 15.8. The van der Waals surface area contributed by atoms with Gasteiger partial charge >= 0.3 is 0 Å². The topological polar surface area (TPSA) is 55.7 Å². The Balaban J connectivity index is 1.75. The number of carbonyl (C=O) groups excluding carboxylic acids is 1. The Labute approximate surface area is 175 Å². The number of amides is 1. The Hall–Kier alpha value is -2.54. The van der Waals surface area contributed by atoms with Crippen molar-refractivity contribution in [2.24, 2.45) is 0 Å². The maximum atomic E-state index is 12.9. The first-order valence-electron chi connectivity index (χ1n) is 9.93. The highest BCUT2D eigenvalue weighted by atomic mass is 32.1. The van der Waals surface area contributed by atoms with Gasteiger partial charge in [-0.1, -0.05) is 18.2 Å². The number of morpholine rings is 1. The van der Waals surface area contributed by atoms with Crippen molar-refractivity contribution < 1.29 is 14.4 Å². The van der Waals surface area contributed by atoms with E-state index in [-0.39, 0.29) is 11.9 Å². The van der Waals surface area contributed by atoms with Crippen molar-refractivity contribution >= 4 is 22.2 Å². The number of aromatic nitrogens is 1. The lowest BCUT2D eigenvalue weighted by atomic mass is 9.95. The maximum absolute atomic E-state index is 12.9. The SMILES string of the molecule is Cc1sc(NC(=O)c2ccccc2)c([C@H](c2cccnc2)[NH+]2CCOCC2)c1C. The van der Waals surface area contributed by atoms with Crippen LogP contribution in [0, 0.1) is 13.8 Å². The summed E-state index contributed by atoms with van der Waals surface area (Å²) in [4.78, 5) is 19.9. The van der Waals surface area contributed by atoms with Gasteiger partial charge in [-0.25, -0.2) is 0 Å². The molecule has 1 atom stereocenters. The van der Waals surface area contributed by atoms with Crippen LogP contribution in [0.3, 0.4) is 0 Å². The first-order valence-corrected chi connectivity index (χ1v) is 10.8. The molecule has 150 valence electrons. The molecule has 1 amide bonds. The number of hydrogen-bond donors (Lipinski definition) is 2. The molecular weight excluding hydrogens is 382 g/mol. The Kier molecular flexibility index (Phi) is 6.04. The van der Waals surface area contributed by atoms with Gasteiger partial charge in [-0.2, -0.15) is 0 Å². The van der Waals surface area contributed by atoms with E-state index in [1.54, 1.807) is 17.5 Å². The molecule has 2 N–H and O–H groups in total. The number of hydrogen-bond acceptors (Lipinski definition) is 4. The molecule has 0 unspecified atom stereocenters. The van der Waals surface area contributed by atoms with Crippen LogP contribution in [0.2, 0.25) is 0 Å². The summed E-state index contributed by atoms with van der Waals surface area (Å²) in [5, 5.41) is 4.12. The van der Waals surface area contributed by atoms with Gasteiger partial charge in [0.05, 0.1) is 18.8 Å². The molecule has 1 fully saturated rings. The van der Waals surface area contributed by atoms with Crippen LogP contribution in [0.15, 0.2) is 54.9 Å². The summed E-state index contributed by atoms with van der Waals surface area (Å²) in [7, 11) is 0.